The van der Waals surface area contributed by atoms with Gasteiger partial charge in [-0.3, -0.25) is 14.5 Å². The van der Waals surface area contributed by atoms with E-state index in [9.17, 15) is 9.59 Å². The van der Waals surface area contributed by atoms with Crippen LogP contribution in [0, 0.1) is 5.92 Å². The second-order valence-electron chi connectivity index (χ2n) is 12.5. The quantitative estimate of drug-likeness (QED) is 0.161. The Bertz CT molecular complexity index is 1520. The first kappa shape index (κ1) is 31.9. The van der Waals surface area contributed by atoms with Crippen LogP contribution in [0.5, 0.6) is 0 Å². The van der Waals surface area contributed by atoms with E-state index in [-0.39, 0.29) is 17.7 Å². The van der Waals surface area contributed by atoms with Crippen LogP contribution in [0.1, 0.15) is 98.9 Å². The molecule has 0 spiro atoms. The lowest BCUT2D eigenvalue weighted by molar-refractivity contribution is -0.118. The lowest BCUT2D eigenvalue weighted by Gasteiger charge is -2.26. The van der Waals surface area contributed by atoms with Crippen LogP contribution in [0.3, 0.4) is 0 Å². The summed E-state index contributed by atoms with van der Waals surface area (Å²) in [4.78, 5) is 35.7. The van der Waals surface area contributed by atoms with Gasteiger partial charge >= 0.3 is 0 Å². The number of hydrogen-bond donors (Lipinski definition) is 2. The molecule has 2 N–H and O–H groups in total. The van der Waals surface area contributed by atoms with Gasteiger partial charge in [-0.2, -0.15) is 0 Å². The Balaban J connectivity index is 1.30. The van der Waals surface area contributed by atoms with Gasteiger partial charge in [0.1, 0.15) is 11.9 Å². The SMILES string of the molecule is CCC(CC)n1c(Cc2cccs2)nc2cc(C(=O)N[C@@H](CC(C)C)C(=O)Nc3ccc(CN4CCCCC4)cc3)ccc21. The van der Waals surface area contributed by atoms with Gasteiger partial charge in [0, 0.05) is 35.1 Å². The second-order valence-corrected chi connectivity index (χ2v) is 13.5. The maximum Gasteiger partial charge on any atom is 0.252 e. The molecular weight excluding hydrogens is 566 g/mol. The van der Waals surface area contributed by atoms with E-state index in [1.165, 1.54) is 29.7 Å². The van der Waals surface area contributed by atoms with Crippen LogP contribution in [0.25, 0.3) is 11.0 Å². The molecule has 1 aliphatic rings. The zero-order valence-corrected chi connectivity index (χ0v) is 27.5. The van der Waals surface area contributed by atoms with Crippen molar-refractivity contribution in [3.63, 3.8) is 0 Å². The number of anilines is 1. The van der Waals surface area contributed by atoms with Gasteiger partial charge in [0.25, 0.3) is 5.91 Å². The number of imidazole rings is 1. The minimum atomic E-state index is -0.650. The van der Waals surface area contributed by atoms with Crippen LogP contribution in [-0.2, 0) is 17.8 Å². The number of thiophene rings is 1. The standard InChI is InChI=1S/C36H47N5O2S/c1-5-29(6-2)41-33-17-14-27(22-31(33)38-34(41)23-30-11-10-20-44-30)35(42)39-32(21-25(3)4)36(43)37-28-15-12-26(13-16-28)24-40-18-8-7-9-19-40/h10-17,20,22,25,29,32H,5-9,18-19,21,23-24H2,1-4H3,(H,37,43)(H,39,42)/t32-/m0/s1. The molecule has 4 aromatic rings. The maximum absolute atomic E-state index is 13.5. The number of carbonyl (C=O) groups excluding carboxylic acids is 2. The largest absolute Gasteiger partial charge is 0.340 e. The van der Waals surface area contributed by atoms with E-state index in [0.717, 1.165) is 61.4 Å². The molecule has 1 aliphatic heterocycles. The third-order valence-corrected chi connectivity index (χ3v) is 9.53. The summed E-state index contributed by atoms with van der Waals surface area (Å²) in [5.41, 5.74) is 4.36. The van der Waals surface area contributed by atoms with Crippen LogP contribution in [0.2, 0.25) is 0 Å². The molecule has 1 saturated heterocycles. The highest BCUT2D eigenvalue weighted by molar-refractivity contribution is 7.09. The highest BCUT2D eigenvalue weighted by Gasteiger charge is 2.24. The van der Waals surface area contributed by atoms with Crippen molar-refractivity contribution in [2.45, 2.75) is 91.3 Å². The summed E-state index contributed by atoms with van der Waals surface area (Å²) >= 11 is 1.74. The van der Waals surface area contributed by atoms with Gasteiger partial charge in [-0.15, -0.1) is 11.3 Å². The predicted molar refractivity (Wildman–Crippen MR) is 181 cm³/mol. The number of rotatable bonds is 13. The number of benzene rings is 2. The molecule has 2 aromatic heterocycles. The molecule has 0 radical (unpaired) electrons. The number of nitrogens with zero attached hydrogens (tertiary/aromatic N) is 3. The van der Waals surface area contributed by atoms with Crippen LogP contribution in [0.4, 0.5) is 5.69 Å². The molecule has 3 heterocycles. The molecule has 234 valence electrons. The van der Waals surface area contributed by atoms with E-state index in [1.807, 2.05) is 30.3 Å². The van der Waals surface area contributed by atoms with E-state index >= 15 is 0 Å². The van der Waals surface area contributed by atoms with E-state index in [4.69, 9.17) is 4.98 Å². The van der Waals surface area contributed by atoms with E-state index in [1.54, 1.807) is 11.3 Å². The monoisotopic (exact) mass is 613 g/mol. The van der Waals surface area contributed by atoms with Crippen molar-refractivity contribution in [2.24, 2.45) is 5.92 Å². The number of likely N-dealkylation sites (tertiary alicyclic amines) is 1. The number of fused-ring (bicyclic) bond motifs is 1. The van der Waals surface area contributed by atoms with Gasteiger partial charge < -0.3 is 15.2 Å². The summed E-state index contributed by atoms with van der Waals surface area (Å²) in [6.07, 6.45) is 7.18. The maximum atomic E-state index is 13.5. The average Bonchev–Trinajstić information content (AvgIpc) is 3.66. The molecule has 0 bridgehead atoms. The van der Waals surface area contributed by atoms with E-state index < -0.39 is 6.04 Å². The van der Waals surface area contributed by atoms with Gasteiger partial charge in [-0.1, -0.05) is 52.3 Å². The molecule has 0 unspecified atom stereocenters. The normalized spacial score (nSPS) is 14.8. The van der Waals surface area contributed by atoms with Gasteiger partial charge in [0.15, 0.2) is 0 Å². The summed E-state index contributed by atoms with van der Waals surface area (Å²) in [6.45, 7) is 11.8. The molecule has 7 nitrogen and oxygen atoms in total. The van der Waals surface area contributed by atoms with E-state index in [2.05, 4.69) is 77.4 Å². The van der Waals surface area contributed by atoms with Gasteiger partial charge in [0.2, 0.25) is 5.91 Å². The van der Waals surface area contributed by atoms with Crippen molar-refractivity contribution < 1.29 is 9.59 Å². The molecule has 8 heteroatoms. The first-order valence-electron chi connectivity index (χ1n) is 16.3. The first-order chi connectivity index (χ1) is 21.3. The molecule has 1 atom stereocenters. The fourth-order valence-corrected chi connectivity index (χ4v) is 6.99. The number of carbonyl (C=O) groups is 2. The summed E-state index contributed by atoms with van der Waals surface area (Å²) in [6, 6.07) is 17.7. The Morgan fingerprint density at radius 1 is 0.977 bits per heavy atom. The Hall–Kier alpha value is -3.49. The zero-order valence-electron chi connectivity index (χ0n) is 26.6. The zero-order chi connectivity index (χ0) is 31.1. The molecule has 44 heavy (non-hydrogen) atoms. The highest BCUT2D eigenvalue weighted by atomic mass is 32.1. The van der Waals surface area contributed by atoms with Gasteiger partial charge in [0.05, 0.1) is 11.0 Å². The Morgan fingerprint density at radius 3 is 2.39 bits per heavy atom. The average molecular weight is 614 g/mol. The van der Waals surface area contributed by atoms with Gasteiger partial charge in [-0.05, 0) is 98.5 Å². The summed E-state index contributed by atoms with van der Waals surface area (Å²) < 4.78 is 2.35. The van der Waals surface area contributed by atoms with Gasteiger partial charge in [-0.25, -0.2) is 4.98 Å². The van der Waals surface area contributed by atoms with Crippen molar-refractivity contribution in [3.05, 3.63) is 81.8 Å². The molecule has 2 amide bonds. The fourth-order valence-electron chi connectivity index (χ4n) is 6.29. The molecule has 1 fully saturated rings. The first-order valence-corrected chi connectivity index (χ1v) is 17.2. The molecular formula is C36H47N5O2S. The number of aromatic nitrogens is 2. The number of nitrogens with one attached hydrogen (secondary N) is 2. The lowest BCUT2D eigenvalue weighted by atomic mass is 10.0. The molecule has 2 aromatic carbocycles. The third kappa shape index (κ3) is 7.96. The minimum absolute atomic E-state index is 0.201. The highest BCUT2D eigenvalue weighted by Crippen LogP contribution is 2.28. The summed E-state index contributed by atoms with van der Waals surface area (Å²) in [7, 11) is 0. The third-order valence-electron chi connectivity index (χ3n) is 8.65. The summed E-state index contributed by atoms with van der Waals surface area (Å²) in [5, 5.41) is 8.16. The number of hydrogen-bond acceptors (Lipinski definition) is 5. The van der Waals surface area contributed by atoms with Crippen LogP contribution in [0.15, 0.2) is 60.0 Å². The minimum Gasteiger partial charge on any atom is -0.340 e. The fraction of sp³-hybridized carbons (Fsp3) is 0.472. The van der Waals surface area contributed by atoms with Crippen LogP contribution >= 0.6 is 11.3 Å². The summed E-state index contributed by atoms with van der Waals surface area (Å²) in [5.74, 6) is 0.790. The molecule has 0 saturated carbocycles. The van der Waals surface area contributed by atoms with Crippen molar-refractivity contribution in [1.29, 1.82) is 0 Å². The van der Waals surface area contributed by atoms with Crippen molar-refractivity contribution in [1.82, 2.24) is 19.8 Å². The number of amides is 2. The van der Waals surface area contributed by atoms with E-state index in [0.29, 0.717) is 18.0 Å². The Labute approximate surface area is 266 Å². The predicted octanol–water partition coefficient (Wildman–Crippen LogP) is 7.82. The van der Waals surface area contributed by atoms with Crippen molar-refractivity contribution in [2.75, 3.05) is 18.4 Å². The molecule has 0 aliphatic carbocycles. The topological polar surface area (TPSA) is 79.3 Å². The smallest absolute Gasteiger partial charge is 0.252 e. The Kier molecular flexibility index (Phi) is 10.9. The van der Waals surface area contributed by atoms with Crippen LogP contribution < -0.4 is 10.6 Å². The van der Waals surface area contributed by atoms with Crippen molar-refractivity contribution in [3.8, 4) is 0 Å². The second kappa shape index (κ2) is 15.0. The lowest BCUT2D eigenvalue weighted by Crippen LogP contribution is -2.44. The van der Waals surface area contributed by atoms with Crippen LogP contribution in [-0.4, -0.2) is 45.4 Å². The van der Waals surface area contributed by atoms with Crippen molar-refractivity contribution >= 4 is 39.9 Å². The molecule has 5 rings (SSSR count). The number of piperidine rings is 1. The Morgan fingerprint density at radius 2 is 1.73 bits per heavy atom.